The van der Waals surface area contributed by atoms with Crippen LogP contribution in [0.1, 0.15) is 119 Å². The van der Waals surface area contributed by atoms with Crippen molar-refractivity contribution in [1.82, 2.24) is 0 Å². The molecule has 3 saturated heterocycles. The number of hydrogen-bond acceptors (Lipinski definition) is 15. The molecule has 334 valence electrons. The van der Waals surface area contributed by atoms with Gasteiger partial charge in [-0.3, -0.25) is 24.0 Å². The third-order valence-corrected chi connectivity index (χ3v) is 16.0. The van der Waals surface area contributed by atoms with Crippen LogP contribution in [0.4, 0.5) is 0 Å². The van der Waals surface area contributed by atoms with Crippen molar-refractivity contribution in [2.45, 2.75) is 204 Å². The predicted octanol–water partition coefficient (Wildman–Crippen LogP) is 6.04. The fourth-order valence-corrected chi connectivity index (χ4v) is 8.34. The average molecular weight is 886 g/mol. The number of carbonyl (C=O) groups excluding carboxylic acids is 5. The van der Waals surface area contributed by atoms with Gasteiger partial charge in [-0.15, -0.1) is 23.2 Å². The van der Waals surface area contributed by atoms with E-state index in [-0.39, 0.29) is 24.7 Å². The molecular weight excluding hydrogens is 819 g/mol. The summed E-state index contributed by atoms with van der Waals surface area (Å²) < 4.78 is 55.9. The van der Waals surface area contributed by atoms with E-state index in [4.69, 9.17) is 65.5 Å². The summed E-state index contributed by atoms with van der Waals surface area (Å²) in [7, 11) is -2.79. The molecule has 3 fully saturated rings. The highest BCUT2D eigenvalue weighted by atomic mass is 35.5. The lowest BCUT2D eigenvalue weighted by Gasteiger charge is -2.50. The highest BCUT2D eigenvalue weighted by molar-refractivity contribution is 6.74. The van der Waals surface area contributed by atoms with Crippen molar-refractivity contribution in [3.05, 3.63) is 0 Å². The van der Waals surface area contributed by atoms with E-state index in [2.05, 4.69) is 6.92 Å². The normalized spacial score (nSPS) is 32.6. The molecule has 18 heteroatoms. The second-order valence-corrected chi connectivity index (χ2v) is 22.2. The Balaban J connectivity index is 2.22. The molecule has 15 nitrogen and oxygen atoms in total. The van der Waals surface area contributed by atoms with Gasteiger partial charge < -0.3 is 47.4 Å². The smallest absolute Gasteiger partial charge is 0.321 e. The standard InChI is InChI=1S/C40H66Cl2O15Si/c1-9-10-13-17-27-18-15-12-11-14-16-26(44)19-20-29(45)49-23-28-32(48)34(57-58(7,8)40(4,5)6)36(55-31(47)22-42)39(53-28)56-37-35(54-30(46)21-41)33(51-25(3)43)24(2)50-38(37)52-27/h24,27-28,32-39,48H,9-23H2,1-8H3/t24-,27+,28-,32-,33+,34+,35+,36-,37-,38+,39+/m1/s1. The maximum Gasteiger partial charge on any atom is 0.321 e. The van der Waals surface area contributed by atoms with Gasteiger partial charge in [-0.1, -0.05) is 66.2 Å². The SMILES string of the molecule is CCCCC[C@H]1CCCCCCC(=O)CCC(=O)OC[C@H]2O[C@@H](O[C@H]3[C@H](O1)O[C@H](C)[C@H](OC(C)=O)[C@@H]3OC(=O)CCl)[C@H](OC(=O)CCl)[C@@H](O[Si](C)(C)C(C)(C)C)[C@@H]2O. The number of hydrogen-bond donors (Lipinski definition) is 1. The van der Waals surface area contributed by atoms with E-state index in [1.54, 1.807) is 6.92 Å². The molecule has 0 amide bonds. The molecule has 0 radical (unpaired) electrons. The summed E-state index contributed by atoms with van der Waals surface area (Å²) in [4.78, 5) is 64.0. The Morgan fingerprint density at radius 2 is 1.47 bits per heavy atom. The zero-order chi connectivity index (χ0) is 43.2. The Kier molecular flexibility index (Phi) is 20.8. The van der Waals surface area contributed by atoms with E-state index in [1.807, 2.05) is 33.9 Å². The Morgan fingerprint density at radius 1 is 0.810 bits per heavy atom. The second-order valence-electron chi connectivity index (χ2n) is 16.9. The van der Waals surface area contributed by atoms with Crippen molar-refractivity contribution in [3.63, 3.8) is 0 Å². The van der Waals surface area contributed by atoms with E-state index in [9.17, 15) is 29.1 Å². The van der Waals surface area contributed by atoms with Crippen LogP contribution in [0.2, 0.25) is 18.1 Å². The highest BCUT2D eigenvalue weighted by Gasteiger charge is 2.57. The molecule has 58 heavy (non-hydrogen) atoms. The highest BCUT2D eigenvalue weighted by Crippen LogP contribution is 2.41. The number of aliphatic hydroxyl groups is 1. The summed E-state index contributed by atoms with van der Waals surface area (Å²) in [6, 6.07) is 0. The molecule has 3 aliphatic heterocycles. The van der Waals surface area contributed by atoms with Crippen LogP contribution in [0.15, 0.2) is 0 Å². The first kappa shape index (κ1) is 50.5. The van der Waals surface area contributed by atoms with Gasteiger partial charge in [0.1, 0.15) is 42.5 Å². The maximum absolute atomic E-state index is 13.0. The Morgan fingerprint density at radius 3 is 2.09 bits per heavy atom. The van der Waals surface area contributed by atoms with Crippen LogP contribution >= 0.6 is 23.2 Å². The summed E-state index contributed by atoms with van der Waals surface area (Å²) in [6.07, 6.45) is -6.39. The minimum atomic E-state index is -2.79. The van der Waals surface area contributed by atoms with Crippen molar-refractivity contribution in [2.24, 2.45) is 0 Å². The van der Waals surface area contributed by atoms with Crippen molar-refractivity contribution in [3.8, 4) is 0 Å². The first-order valence-electron chi connectivity index (χ1n) is 20.6. The number of ether oxygens (including phenoxy) is 8. The van der Waals surface area contributed by atoms with E-state index >= 15 is 0 Å². The quantitative estimate of drug-likeness (QED) is 0.0831. The zero-order valence-electron chi connectivity index (χ0n) is 35.4. The number of esters is 4. The lowest BCUT2D eigenvalue weighted by molar-refractivity contribution is -0.369. The topological polar surface area (TPSA) is 189 Å². The van der Waals surface area contributed by atoms with Crippen LogP contribution < -0.4 is 0 Å². The largest absolute Gasteiger partial charge is 0.463 e. The molecule has 0 saturated carbocycles. The van der Waals surface area contributed by atoms with E-state index < -0.39 is 117 Å². The van der Waals surface area contributed by atoms with Crippen molar-refractivity contribution < 1.29 is 71.4 Å². The molecule has 11 atom stereocenters. The molecule has 3 aliphatic rings. The van der Waals surface area contributed by atoms with Gasteiger partial charge >= 0.3 is 23.9 Å². The van der Waals surface area contributed by atoms with Gasteiger partial charge in [0.05, 0.1) is 18.6 Å². The van der Waals surface area contributed by atoms with Crippen LogP contribution in [0.25, 0.3) is 0 Å². The molecule has 0 aromatic carbocycles. The minimum absolute atomic E-state index is 0.00690. The Bertz CT molecular complexity index is 1350. The van der Waals surface area contributed by atoms with Crippen molar-refractivity contribution in [1.29, 1.82) is 0 Å². The Labute approximate surface area is 354 Å². The predicted molar refractivity (Wildman–Crippen MR) is 215 cm³/mol. The van der Waals surface area contributed by atoms with E-state index in [0.717, 1.165) is 38.5 Å². The van der Waals surface area contributed by atoms with Gasteiger partial charge in [-0.2, -0.15) is 0 Å². The van der Waals surface area contributed by atoms with Gasteiger partial charge in [-0.05, 0) is 44.3 Å². The number of cyclic esters (lactones) is 1. The molecule has 0 spiro atoms. The van der Waals surface area contributed by atoms with Crippen LogP contribution in [0.3, 0.4) is 0 Å². The number of carbonyl (C=O) groups is 5. The molecule has 0 aromatic heterocycles. The van der Waals surface area contributed by atoms with Gasteiger partial charge in [0, 0.05) is 19.8 Å². The third-order valence-electron chi connectivity index (χ3n) is 11.1. The second kappa shape index (κ2) is 23.9. The number of Topliss-reactive ketones (excluding diaryl/α,β-unsaturated/α-hetero) is 1. The molecule has 3 rings (SSSR count). The van der Waals surface area contributed by atoms with E-state index in [0.29, 0.717) is 25.7 Å². The summed E-state index contributed by atoms with van der Waals surface area (Å²) in [5.74, 6) is -4.25. The molecule has 0 aliphatic carbocycles. The van der Waals surface area contributed by atoms with E-state index in [1.165, 1.54) is 6.92 Å². The van der Waals surface area contributed by atoms with Crippen LogP contribution in [-0.2, 0) is 66.3 Å². The molecule has 1 N–H and O–H groups in total. The lowest BCUT2D eigenvalue weighted by atomic mass is 9.96. The number of halogens is 2. The summed E-state index contributed by atoms with van der Waals surface area (Å²) >= 11 is 11.9. The first-order chi connectivity index (χ1) is 27.3. The number of ketones is 1. The summed E-state index contributed by atoms with van der Waals surface area (Å²) in [5, 5.41) is 11.5. The van der Waals surface area contributed by atoms with Gasteiger partial charge in [0.15, 0.2) is 45.3 Å². The molecule has 0 aromatic rings. The molecular formula is C40H66Cl2O15Si. The number of rotatable bonds is 11. The maximum atomic E-state index is 13.0. The van der Waals surface area contributed by atoms with Crippen molar-refractivity contribution >= 4 is 61.2 Å². The van der Waals surface area contributed by atoms with Crippen LogP contribution in [-0.4, -0.2) is 129 Å². The number of fused-ring (bicyclic) bond motifs is 3. The summed E-state index contributed by atoms with van der Waals surface area (Å²) in [5.41, 5.74) is 0. The number of alkyl halides is 2. The molecule has 2 bridgehead atoms. The van der Waals surface area contributed by atoms with Crippen LogP contribution in [0.5, 0.6) is 0 Å². The Hall–Kier alpha value is -1.89. The molecule has 0 unspecified atom stereocenters. The fourth-order valence-electron chi connectivity index (χ4n) is 6.90. The monoisotopic (exact) mass is 884 g/mol. The van der Waals surface area contributed by atoms with Crippen LogP contribution in [0, 0.1) is 0 Å². The third kappa shape index (κ3) is 15.2. The number of aliphatic hydroxyl groups excluding tert-OH is 1. The number of unbranched alkanes of at least 4 members (excludes halogenated alkanes) is 2. The lowest BCUT2D eigenvalue weighted by Crippen LogP contribution is -2.67. The fraction of sp³-hybridized carbons (Fsp3) is 0.875. The first-order valence-corrected chi connectivity index (χ1v) is 24.6. The van der Waals surface area contributed by atoms with Crippen molar-refractivity contribution in [2.75, 3.05) is 18.4 Å². The van der Waals surface area contributed by atoms with Gasteiger partial charge in [-0.25, -0.2) is 0 Å². The summed E-state index contributed by atoms with van der Waals surface area (Å²) in [6.45, 7) is 14.3. The zero-order valence-corrected chi connectivity index (χ0v) is 37.9. The minimum Gasteiger partial charge on any atom is -0.463 e. The molecule has 3 heterocycles. The average Bonchev–Trinajstić information content (AvgIpc) is 3.15. The van der Waals surface area contributed by atoms with Gasteiger partial charge in [0.2, 0.25) is 0 Å². The van der Waals surface area contributed by atoms with Gasteiger partial charge in [0.25, 0.3) is 0 Å².